The molecular weight excluding hydrogens is 243 g/mol. The number of esters is 1. The summed E-state index contributed by atoms with van der Waals surface area (Å²) in [5.41, 5.74) is 5.17. The number of carbonyl (C=O) groups excluding carboxylic acids is 1. The lowest BCUT2D eigenvalue weighted by Gasteiger charge is -2.15. The summed E-state index contributed by atoms with van der Waals surface area (Å²) in [6.45, 7) is 1.55. The molecule has 7 heteroatoms. The van der Waals surface area contributed by atoms with Gasteiger partial charge in [-0.05, 0) is 6.92 Å². The summed E-state index contributed by atoms with van der Waals surface area (Å²) in [6.07, 6.45) is -2.13. The van der Waals surface area contributed by atoms with Crippen molar-refractivity contribution in [3.63, 3.8) is 0 Å². The van der Waals surface area contributed by atoms with Crippen LogP contribution in [-0.2, 0) is 9.53 Å². The topological polar surface area (TPSA) is 95.5 Å². The predicted octanol–water partition coefficient (Wildman–Crippen LogP) is 1.50. The zero-order chi connectivity index (χ0) is 13.7. The summed E-state index contributed by atoms with van der Waals surface area (Å²) in [5, 5.41) is 10.8. The number of benzene rings is 1. The largest absolute Gasteiger partial charge is 0.464 e. The molecule has 0 saturated carbocycles. The molecular formula is C11H13FN2O4. The van der Waals surface area contributed by atoms with Gasteiger partial charge in [0.15, 0.2) is 0 Å². The van der Waals surface area contributed by atoms with Gasteiger partial charge in [-0.15, -0.1) is 0 Å². The Balaban J connectivity index is 2.99. The van der Waals surface area contributed by atoms with Crippen LogP contribution in [0.4, 0.5) is 10.1 Å². The summed E-state index contributed by atoms with van der Waals surface area (Å²) >= 11 is 0. The van der Waals surface area contributed by atoms with E-state index in [0.717, 1.165) is 0 Å². The van der Waals surface area contributed by atoms with Crippen molar-refractivity contribution in [2.75, 3.05) is 6.61 Å². The van der Waals surface area contributed by atoms with Gasteiger partial charge in [0.2, 0.25) is 6.17 Å². The van der Waals surface area contributed by atoms with Crippen LogP contribution in [0.5, 0.6) is 0 Å². The van der Waals surface area contributed by atoms with Crippen molar-refractivity contribution in [3.05, 3.63) is 39.9 Å². The first-order valence-corrected chi connectivity index (χ1v) is 5.28. The SMILES string of the molecule is CCOC(=O)C(F)[C@@H](N)c1ccccc1[N+](=O)[O-]. The van der Waals surface area contributed by atoms with Crippen LogP contribution >= 0.6 is 0 Å². The van der Waals surface area contributed by atoms with E-state index in [-0.39, 0.29) is 17.9 Å². The number of ether oxygens (including phenoxy) is 1. The van der Waals surface area contributed by atoms with Crippen LogP contribution in [0.3, 0.4) is 0 Å². The van der Waals surface area contributed by atoms with Gasteiger partial charge in [0.1, 0.15) is 0 Å². The van der Waals surface area contributed by atoms with Crippen molar-refractivity contribution >= 4 is 11.7 Å². The Kier molecular flexibility index (Phi) is 4.73. The highest BCUT2D eigenvalue weighted by molar-refractivity contribution is 5.76. The lowest BCUT2D eigenvalue weighted by Crippen LogP contribution is -2.32. The molecule has 0 radical (unpaired) electrons. The van der Waals surface area contributed by atoms with Crippen molar-refractivity contribution in [2.45, 2.75) is 19.1 Å². The highest BCUT2D eigenvalue weighted by Crippen LogP contribution is 2.27. The van der Waals surface area contributed by atoms with Crippen LogP contribution < -0.4 is 5.73 Å². The molecule has 1 rings (SSSR count). The van der Waals surface area contributed by atoms with Gasteiger partial charge >= 0.3 is 5.97 Å². The average Bonchev–Trinajstić information content (AvgIpc) is 2.37. The van der Waals surface area contributed by atoms with Crippen molar-refractivity contribution in [1.82, 2.24) is 0 Å². The van der Waals surface area contributed by atoms with E-state index in [4.69, 9.17) is 5.73 Å². The monoisotopic (exact) mass is 256 g/mol. The van der Waals surface area contributed by atoms with Gasteiger partial charge in [0, 0.05) is 6.07 Å². The van der Waals surface area contributed by atoms with Crippen molar-refractivity contribution in [1.29, 1.82) is 0 Å². The Bertz CT molecular complexity index is 452. The number of nitrogens with zero attached hydrogens (tertiary/aromatic N) is 1. The smallest absolute Gasteiger partial charge is 0.342 e. The molecule has 2 atom stereocenters. The molecule has 1 unspecified atom stereocenters. The van der Waals surface area contributed by atoms with Crippen molar-refractivity contribution in [3.8, 4) is 0 Å². The molecule has 1 aromatic carbocycles. The molecule has 18 heavy (non-hydrogen) atoms. The predicted molar refractivity (Wildman–Crippen MR) is 61.6 cm³/mol. The lowest BCUT2D eigenvalue weighted by atomic mass is 10.0. The van der Waals surface area contributed by atoms with E-state index in [1.165, 1.54) is 31.2 Å². The van der Waals surface area contributed by atoms with E-state index >= 15 is 0 Å². The Hall–Kier alpha value is -2.02. The summed E-state index contributed by atoms with van der Waals surface area (Å²) in [5.74, 6) is -1.12. The first-order valence-electron chi connectivity index (χ1n) is 5.28. The third-order valence-corrected chi connectivity index (χ3v) is 2.32. The maximum absolute atomic E-state index is 13.7. The number of nitro groups is 1. The van der Waals surface area contributed by atoms with Crippen molar-refractivity contribution < 1.29 is 18.8 Å². The van der Waals surface area contributed by atoms with E-state index in [2.05, 4.69) is 4.74 Å². The number of halogens is 1. The van der Waals surface area contributed by atoms with Gasteiger partial charge in [-0.1, -0.05) is 18.2 Å². The minimum Gasteiger partial charge on any atom is -0.464 e. The number of para-hydroxylation sites is 1. The highest BCUT2D eigenvalue weighted by Gasteiger charge is 2.31. The third kappa shape index (κ3) is 3.01. The average molecular weight is 256 g/mol. The van der Waals surface area contributed by atoms with Gasteiger partial charge in [-0.25, -0.2) is 9.18 Å². The minimum absolute atomic E-state index is 0.0167. The second kappa shape index (κ2) is 6.06. The standard InChI is InChI=1S/C11H13FN2O4/c1-2-18-11(15)9(12)10(13)7-5-3-4-6-8(7)14(16)17/h3-6,9-10H,2,13H2,1H3/t9?,10-/m0/s1. The van der Waals surface area contributed by atoms with Gasteiger partial charge < -0.3 is 10.5 Å². The number of hydrogen-bond acceptors (Lipinski definition) is 5. The zero-order valence-electron chi connectivity index (χ0n) is 9.71. The molecule has 6 nitrogen and oxygen atoms in total. The van der Waals surface area contributed by atoms with Crippen LogP contribution in [0.25, 0.3) is 0 Å². The molecule has 0 amide bonds. The van der Waals surface area contributed by atoms with E-state index < -0.39 is 23.1 Å². The molecule has 2 N–H and O–H groups in total. The van der Waals surface area contributed by atoms with Gasteiger partial charge in [-0.2, -0.15) is 0 Å². The molecule has 0 saturated heterocycles. The van der Waals surface area contributed by atoms with E-state index in [0.29, 0.717) is 0 Å². The van der Waals surface area contributed by atoms with Crippen LogP contribution in [0.15, 0.2) is 24.3 Å². The third-order valence-electron chi connectivity index (χ3n) is 2.32. The Morgan fingerprint density at radius 1 is 1.56 bits per heavy atom. The number of alkyl halides is 1. The van der Waals surface area contributed by atoms with E-state index in [1.807, 2.05) is 0 Å². The maximum Gasteiger partial charge on any atom is 0.342 e. The summed E-state index contributed by atoms with van der Waals surface area (Å²) in [7, 11) is 0. The van der Waals surface area contributed by atoms with Gasteiger partial charge in [0.25, 0.3) is 5.69 Å². The second-order valence-corrected chi connectivity index (χ2v) is 3.50. The summed E-state index contributed by atoms with van der Waals surface area (Å²) < 4.78 is 18.2. The molecule has 0 bridgehead atoms. The molecule has 0 heterocycles. The molecule has 0 spiro atoms. The zero-order valence-corrected chi connectivity index (χ0v) is 9.71. The van der Waals surface area contributed by atoms with Crippen LogP contribution in [0.2, 0.25) is 0 Å². The van der Waals surface area contributed by atoms with Gasteiger partial charge in [-0.3, -0.25) is 10.1 Å². The van der Waals surface area contributed by atoms with Gasteiger partial charge in [0.05, 0.1) is 23.1 Å². The Morgan fingerprint density at radius 2 is 2.17 bits per heavy atom. The highest BCUT2D eigenvalue weighted by atomic mass is 19.1. The summed E-state index contributed by atoms with van der Waals surface area (Å²) in [6, 6.07) is 4.01. The Labute approximate surface area is 103 Å². The molecule has 0 aliphatic rings. The molecule has 0 aromatic heterocycles. The molecule has 1 aromatic rings. The molecule has 0 aliphatic carbocycles. The lowest BCUT2D eigenvalue weighted by molar-refractivity contribution is -0.385. The van der Waals surface area contributed by atoms with E-state index in [1.54, 1.807) is 0 Å². The van der Waals surface area contributed by atoms with E-state index in [9.17, 15) is 19.3 Å². The number of nitrogens with two attached hydrogens (primary N) is 1. The quantitative estimate of drug-likeness (QED) is 0.489. The first kappa shape index (κ1) is 14.0. The summed E-state index contributed by atoms with van der Waals surface area (Å²) in [4.78, 5) is 21.3. The Morgan fingerprint density at radius 3 is 2.72 bits per heavy atom. The maximum atomic E-state index is 13.7. The molecule has 0 fully saturated rings. The van der Waals surface area contributed by atoms with Crippen molar-refractivity contribution in [2.24, 2.45) is 5.73 Å². The second-order valence-electron chi connectivity index (χ2n) is 3.50. The normalized spacial score (nSPS) is 13.7. The number of rotatable bonds is 5. The van der Waals surface area contributed by atoms with Crippen LogP contribution in [-0.4, -0.2) is 23.7 Å². The molecule has 0 aliphatic heterocycles. The first-order chi connectivity index (χ1) is 8.49. The fourth-order valence-electron chi connectivity index (χ4n) is 1.46. The van der Waals surface area contributed by atoms with Crippen LogP contribution in [0.1, 0.15) is 18.5 Å². The minimum atomic E-state index is -2.13. The fraction of sp³-hybridized carbons (Fsp3) is 0.364. The fourth-order valence-corrected chi connectivity index (χ4v) is 1.46. The number of nitro benzene ring substituents is 1. The van der Waals surface area contributed by atoms with Crippen LogP contribution in [0, 0.1) is 10.1 Å². The number of hydrogen-bond donors (Lipinski definition) is 1. The number of carbonyl (C=O) groups is 1. The molecule has 98 valence electrons.